The van der Waals surface area contributed by atoms with E-state index in [1.165, 1.54) is 0 Å². The van der Waals surface area contributed by atoms with Crippen LogP contribution in [0.15, 0.2) is 24.3 Å². The fourth-order valence-corrected chi connectivity index (χ4v) is 2.17. The van der Waals surface area contributed by atoms with Crippen LogP contribution in [-0.2, 0) is 0 Å². The van der Waals surface area contributed by atoms with Crippen LogP contribution in [0, 0.1) is 27.3 Å². The van der Waals surface area contributed by atoms with Crippen LogP contribution in [0.25, 0.3) is 11.1 Å². The number of aromatic nitrogens is 1. The molecule has 0 amide bonds. The van der Waals surface area contributed by atoms with E-state index in [9.17, 15) is 10.5 Å². The predicted molar refractivity (Wildman–Crippen MR) is 77.5 cm³/mol. The highest BCUT2D eigenvalue weighted by molar-refractivity contribution is 7.71. The molecule has 1 heterocycles. The third-order valence-electron chi connectivity index (χ3n) is 2.83. The number of nitrogens with two attached hydrogens (primary N) is 1. The molecule has 0 bridgehead atoms. The first-order chi connectivity index (χ1) is 9.62. The van der Waals surface area contributed by atoms with E-state index in [4.69, 9.17) is 22.7 Å². The number of aromatic amines is 1. The number of hydrogen-bond acceptors (Lipinski definition) is 5. The molecule has 1 aromatic heterocycles. The third kappa shape index (κ3) is 2.20. The van der Waals surface area contributed by atoms with Crippen molar-refractivity contribution in [2.75, 3.05) is 12.8 Å². The van der Waals surface area contributed by atoms with Crippen LogP contribution in [0.1, 0.15) is 11.1 Å². The summed E-state index contributed by atoms with van der Waals surface area (Å²) >= 11 is 5.10. The van der Waals surface area contributed by atoms with E-state index in [0.29, 0.717) is 16.9 Å². The highest BCUT2D eigenvalue weighted by Crippen LogP contribution is 2.32. The smallest absolute Gasteiger partial charge is 0.123 e. The SMILES string of the molecule is COc1cccc(-c2c(C#N)c(N)[nH]c(=S)c2C#N)c1. The largest absolute Gasteiger partial charge is 0.497 e. The molecule has 20 heavy (non-hydrogen) atoms. The Balaban J connectivity index is 2.88. The molecule has 2 aromatic rings. The van der Waals surface area contributed by atoms with E-state index >= 15 is 0 Å². The second kappa shape index (κ2) is 5.43. The number of benzene rings is 1. The van der Waals surface area contributed by atoms with Crippen LogP contribution in [0.4, 0.5) is 5.82 Å². The van der Waals surface area contributed by atoms with E-state index in [1.54, 1.807) is 31.4 Å². The van der Waals surface area contributed by atoms with Crippen LogP contribution in [-0.4, -0.2) is 12.1 Å². The molecule has 0 spiro atoms. The summed E-state index contributed by atoms with van der Waals surface area (Å²) in [6.07, 6.45) is 0. The van der Waals surface area contributed by atoms with Crippen molar-refractivity contribution >= 4 is 18.0 Å². The quantitative estimate of drug-likeness (QED) is 0.825. The average Bonchev–Trinajstić information content (AvgIpc) is 2.46. The van der Waals surface area contributed by atoms with Gasteiger partial charge in [0.25, 0.3) is 0 Å². The lowest BCUT2D eigenvalue weighted by Crippen LogP contribution is -2.01. The monoisotopic (exact) mass is 282 g/mol. The zero-order valence-electron chi connectivity index (χ0n) is 10.6. The first kappa shape index (κ1) is 13.6. The summed E-state index contributed by atoms with van der Waals surface area (Å²) in [7, 11) is 1.54. The Hall–Kier alpha value is -2.83. The minimum absolute atomic E-state index is 0.148. The summed E-state index contributed by atoms with van der Waals surface area (Å²) in [6.45, 7) is 0. The van der Waals surface area contributed by atoms with Crippen molar-refractivity contribution in [3.05, 3.63) is 40.0 Å². The number of anilines is 1. The van der Waals surface area contributed by atoms with Crippen molar-refractivity contribution in [1.82, 2.24) is 4.98 Å². The van der Waals surface area contributed by atoms with Crippen molar-refractivity contribution in [1.29, 1.82) is 10.5 Å². The number of nitrogens with one attached hydrogen (secondary N) is 1. The molecule has 1 aromatic carbocycles. The molecule has 0 unspecified atom stereocenters. The van der Waals surface area contributed by atoms with Gasteiger partial charge in [0, 0.05) is 5.56 Å². The number of methoxy groups -OCH3 is 1. The van der Waals surface area contributed by atoms with Crippen molar-refractivity contribution < 1.29 is 4.74 Å². The fourth-order valence-electron chi connectivity index (χ4n) is 1.91. The van der Waals surface area contributed by atoms with Gasteiger partial charge in [-0.3, -0.25) is 0 Å². The topological polar surface area (TPSA) is 98.6 Å². The lowest BCUT2D eigenvalue weighted by atomic mass is 9.97. The Morgan fingerprint density at radius 2 is 1.95 bits per heavy atom. The molecular weight excluding hydrogens is 272 g/mol. The molecule has 0 aliphatic rings. The average molecular weight is 282 g/mol. The molecule has 5 nitrogen and oxygen atoms in total. The van der Waals surface area contributed by atoms with Crippen LogP contribution < -0.4 is 10.5 Å². The number of H-pyrrole nitrogens is 1. The number of pyridine rings is 1. The van der Waals surface area contributed by atoms with Crippen LogP contribution >= 0.6 is 12.2 Å². The maximum atomic E-state index is 9.28. The van der Waals surface area contributed by atoms with Gasteiger partial charge >= 0.3 is 0 Å². The summed E-state index contributed by atoms with van der Waals surface area (Å²) in [5.74, 6) is 0.766. The summed E-state index contributed by atoms with van der Waals surface area (Å²) in [4.78, 5) is 2.66. The predicted octanol–water partition coefficient (Wildman–Crippen LogP) is 2.75. The number of nitriles is 2. The van der Waals surface area contributed by atoms with Crippen molar-refractivity contribution in [2.24, 2.45) is 0 Å². The van der Waals surface area contributed by atoms with Crippen LogP contribution in [0.5, 0.6) is 5.75 Å². The lowest BCUT2D eigenvalue weighted by molar-refractivity contribution is 0.415. The summed E-state index contributed by atoms with van der Waals surface area (Å²) in [6, 6.07) is 11.1. The third-order valence-corrected chi connectivity index (χ3v) is 3.13. The van der Waals surface area contributed by atoms with Gasteiger partial charge in [0.1, 0.15) is 33.9 Å². The standard InChI is InChI=1S/C14H10N4OS/c1-19-9-4-2-3-8(5-9)12-10(6-15)13(17)18-14(20)11(12)7-16/h2-5H,1H3,(H3,17,18,20). The highest BCUT2D eigenvalue weighted by Gasteiger charge is 2.16. The highest BCUT2D eigenvalue weighted by atomic mass is 32.1. The van der Waals surface area contributed by atoms with E-state index in [-0.39, 0.29) is 21.6 Å². The molecule has 6 heteroatoms. The van der Waals surface area contributed by atoms with E-state index in [0.717, 1.165) is 0 Å². The first-order valence-corrected chi connectivity index (χ1v) is 6.03. The number of nitrogen functional groups attached to an aromatic ring is 1. The normalized spacial score (nSPS) is 9.55. The molecule has 0 aliphatic carbocycles. The van der Waals surface area contributed by atoms with Gasteiger partial charge in [0.2, 0.25) is 0 Å². The minimum Gasteiger partial charge on any atom is -0.497 e. The number of ether oxygens (including phenoxy) is 1. The molecule has 3 N–H and O–H groups in total. The number of rotatable bonds is 2. The fraction of sp³-hybridized carbons (Fsp3) is 0.0714. The Morgan fingerprint density at radius 1 is 1.25 bits per heavy atom. The van der Waals surface area contributed by atoms with Gasteiger partial charge in [0.15, 0.2) is 0 Å². The summed E-state index contributed by atoms with van der Waals surface area (Å²) in [5.41, 5.74) is 7.28. The molecule has 0 saturated carbocycles. The molecule has 0 atom stereocenters. The molecule has 0 fully saturated rings. The number of hydrogen-bond donors (Lipinski definition) is 2. The van der Waals surface area contributed by atoms with E-state index < -0.39 is 0 Å². The van der Waals surface area contributed by atoms with Gasteiger partial charge in [-0.25, -0.2) is 0 Å². The second-order valence-electron chi connectivity index (χ2n) is 3.95. The number of nitrogens with zero attached hydrogens (tertiary/aromatic N) is 2. The van der Waals surface area contributed by atoms with Crippen molar-refractivity contribution in [3.63, 3.8) is 0 Å². The van der Waals surface area contributed by atoms with Gasteiger partial charge in [-0.1, -0.05) is 24.4 Å². The molecular formula is C14H10N4OS. The molecule has 2 rings (SSSR count). The lowest BCUT2D eigenvalue weighted by Gasteiger charge is -2.10. The van der Waals surface area contributed by atoms with Gasteiger partial charge in [-0.05, 0) is 17.7 Å². The van der Waals surface area contributed by atoms with Gasteiger partial charge in [0.05, 0.1) is 12.7 Å². The van der Waals surface area contributed by atoms with E-state index in [2.05, 4.69) is 4.98 Å². The summed E-state index contributed by atoms with van der Waals surface area (Å²) < 4.78 is 5.36. The zero-order chi connectivity index (χ0) is 14.7. The maximum absolute atomic E-state index is 9.28. The maximum Gasteiger partial charge on any atom is 0.123 e. The molecule has 98 valence electrons. The molecule has 0 aliphatic heterocycles. The van der Waals surface area contributed by atoms with Crippen LogP contribution in [0.2, 0.25) is 0 Å². The Morgan fingerprint density at radius 3 is 2.55 bits per heavy atom. The summed E-state index contributed by atoms with van der Waals surface area (Å²) in [5, 5.41) is 18.6. The van der Waals surface area contributed by atoms with Gasteiger partial charge < -0.3 is 15.5 Å². The van der Waals surface area contributed by atoms with Crippen LogP contribution in [0.3, 0.4) is 0 Å². The first-order valence-electron chi connectivity index (χ1n) is 5.62. The molecule has 0 saturated heterocycles. The Kier molecular flexibility index (Phi) is 3.69. The Bertz CT molecular complexity index is 811. The van der Waals surface area contributed by atoms with E-state index in [1.807, 2.05) is 12.1 Å². The second-order valence-corrected chi connectivity index (χ2v) is 4.36. The zero-order valence-corrected chi connectivity index (χ0v) is 11.4. The minimum atomic E-state index is 0.148. The van der Waals surface area contributed by atoms with Gasteiger partial charge in [-0.15, -0.1) is 0 Å². The van der Waals surface area contributed by atoms with Gasteiger partial charge in [-0.2, -0.15) is 10.5 Å². The molecule has 0 radical (unpaired) electrons. The Labute approximate surface area is 120 Å². The van der Waals surface area contributed by atoms with Crippen molar-refractivity contribution in [3.8, 4) is 29.0 Å². The van der Waals surface area contributed by atoms with Crippen molar-refractivity contribution in [2.45, 2.75) is 0 Å².